The number of rotatable bonds is 6. The maximum Gasteiger partial charge on any atom is 0.0908 e. The highest BCUT2D eigenvalue weighted by atomic mass is 33.6. The maximum atomic E-state index is 5.29. The van der Waals surface area contributed by atoms with Crippen LogP contribution >= 0.6 is 29.7 Å². The Bertz CT molecular complexity index is 235. The van der Waals surface area contributed by atoms with Crippen LogP contribution in [-0.2, 0) is 9.47 Å². The van der Waals surface area contributed by atoms with Crippen LogP contribution in [0.2, 0.25) is 0 Å². The number of hydrogen-bond donors (Lipinski definition) is 0. The molecule has 0 aromatic carbocycles. The fourth-order valence-corrected chi connectivity index (χ4v) is 10.4. The molecule has 0 aliphatic carbocycles. The Hall–Kier alpha value is 0.710. The van der Waals surface area contributed by atoms with E-state index < -0.39 is 8.09 Å². The SMILES string of the molecule is C1=CCS(SCC2CO2)(SCC2CO2)C1. The first-order valence-electron chi connectivity index (χ1n) is 5.32. The zero-order valence-corrected chi connectivity index (χ0v) is 11.0. The zero-order valence-electron chi connectivity index (χ0n) is 8.59. The molecular formula is C10H16O2S3. The van der Waals surface area contributed by atoms with Gasteiger partial charge < -0.3 is 9.47 Å². The Labute approximate surface area is 99.6 Å². The third-order valence-corrected chi connectivity index (χ3v) is 12.6. The van der Waals surface area contributed by atoms with Crippen LogP contribution in [-0.4, -0.2) is 48.4 Å². The topological polar surface area (TPSA) is 25.1 Å². The lowest BCUT2D eigenvalue weighted by atomic mass is 10.6. The summed E-state index contributed by atoms with van der Waals surface area (Å²) in [6.07, 6.45) is 5.85. The predicted molar refractivity (Wildman–Crippen MR) is 70.9 cm³/mol. The van der Waals surface area contributed by atoms with Crippen molar-refractivity contribution in [3.63, 3.8) is 0 Å². The molecule has 0 N–H and O–H groups in total. The van der Waals surface area contributed by atoms with E-state index in [0.717, 1.165) is 13.2 Å². The third-order valence-electron chi connectivity index (χ3n) is 2.61. The van der Waals surface area contributed by atoms with Crippen molar-refractivity contribution in [3.05, 3.63) is 12.2 Å². The van der Waals surface area contributed by atoms with Crippen LogP contribution in [0.4, 0.5) is 0 Å². The highest BCUT2D eigenvalue weighted by Gasteiger charge is 2.33. The van der Waals surface area contributed by atoms with Crippen molar-refractivity contribution in [1.82, 2.24) is 0 Å². The molecule has 5 heteroatoms. The highest BCUT2D eigenvalue weighted by Crippen LogP contribution is 2.72. The van der Waals surface area contributed by atoms with Crippen LogP contribution in [0.3, 0.4) is 0 Å². The minimum Gasteiger partial charge on any atom is -0.372 e. The van der Waals surface area contributed by atoms with Gasteiger partial charge in [0.05, 0.1) is 25.4 Å². The van der Waals surface area contributed by atoms with E-state index in [9.17, 15) is 0 Å². The van der Waals surface area contributed by atoms with E-state index in [-0.39, 0.29) is 0 Å². The average molecular weight is 264 g/mol. The van der Waals surface area contributed by atoms with Gasteiger partial charge in [0, 0.05) is 23.0 Å². The van der Waals surface area contributed by atoms with Gasteiger partial charge in [-0.05, 0) is 0 Å². The van der Waals surface area contributed by atoms with E-state index in [1.165, 1.54) is 23.0 Å². The minimum absolute atomic E-state index is 0.509. The molecule has 2 saturated heterocycles. The Balaban J connectivity index is 1.49. The van der Waals surface area contributed by atoms with Gasteiger partial charge in [0.25, 0.3) is 0 Å². The van der Waals surface area contributed by atoms with Gasteiger partial charge in [-0.1, -0.05) is 12.2 Å². The standard InChI is InChI=1S/C10H16O2S3/c1-2-4-15(3-1,13-7-9-5-11-9)14-8-10-6-12-10/h1-2,9-10H,3-8H2. The fourth-order valence-electron chi connectivity index (χ4n) is 1.45. The van der Waals surface area contributed by atoms with E-state index >= 15 is 0 Å². The van der Waals surface area contributed by atoms with Crippen molar-refractivity contribution in [2.75, 3.05) is 36.2 Å². The largest absolute Gasteiger partial charge is 0.372 e. The summed E-state index contributed by atoms with van der Waals surface area (Å²) in [7, 11) is 3.84. The molecule has 3 aliphatic rings. The van der Waals surface area contributed by atoms with Crippen LogP contribution < -0.4 is 0 Å². The first kappa shape index (κ1) is 10.8. The van der Waals surface area contributed by atoms with Crippen LogP contribution in [0, 0.1) is 0 Å². The molecule has 0 aromatic heterocycles. The summed E-state index contributed by atoms with van der Waals surface area (Å²) in [6, 6.07) is 0. The summed E-state index contributed by atoms with van der Waals surface area (Å²) in [6.45, 7) is 1.98. The Morgan fingerprint density at radius 2 is 1.47 bits per heavy atom. The van der Waals surface area contributed by atoms with Crippen molar-refractivity contribution < 1.29 is 9.47 Å². The second-order valence-corrected chi connectivity index (χ2v) is 13.2. The molecule has 2 fully saturated rings. The molecule has 3 heterocycles. The van der Waals surface area contributed by atoms with Gasteiger partial charge in [-0.3, -0.25) is 0 Å². The summed E-state index contributed by atoms with van der Waals surface area (Å²) < 4.78 is 10.6. The fraction of sp³-hybridized carbons (Fsp3) is 0.800. The molecule has 2 unspecified atom stereocenters. The second-order valence-electron chi connectivity index (χ2n) is 4.03. The average Bonchev–Trinajstić information content (AvgIpc) is 3.15. The lowest BCUT2D eigenvalue weighted by Crippen LogP contribution is -2.01. The monoisotopic (exact) mass is 264 g/mol. The van der Waals surface area contributed by atoms with Gasteiger partial charge in [-0.25, -0.2) is 0 Å². The molecule has 0 aromatic rings. The Kier molecular flexibility index (Phi) is 3.27. The first-order chi connectivity index (χ1) is 7.36. The molecule has 2 atom stereocenters. The number of ether oxygens (including phenoxy) is 2. The van der Waals surface area contributed by atoms with Crippen LogP contribution in [0.5, 0.6) is 0 Å². The van der Waals surface area contributed by atoms with E-state index in [1.807, 2.05) is 0 Å². The van der Waals surface area contributed by atoms with Crippen LogP contribution in [0.25, 0.3) is 0 Å². The van der Waals surface area contributed by atoms with Crippen molar-refractivity contribution in [2.24, 2.45) is 0 Å². The second kappa shape index (κ2) is 4.53. The Morgan fingerprint density at radius 1 is 1.00 bits per heavy atom. The van der Waals surface area contributed by atoms with Crippen molar-refractivity contribution in [3.8, 4) is 0 Å². The summed E-state index contributed by atoms with van der Waals surface area (Å²) in [5.74, 6) is 4.99. The molecule has 0 radical (unpaired) electrons. The number of epoxide rings is 2. The van der Waals surface area contributed by atoms with Crippen LogP contribution in [0.15, 0.2) is 12.2 Å². The van der Waals surface area contributed by atoms with Gasteiger partial charge >= 0.3 is 0 Å². The van der Waals surface area contributed by atoms with E-state index in [0.29, 0.717) is 12.2 Å². The summed E-state index contributed by atoms with van der Waals surface area (Å²) in [5, 5.41) is 0. The van der Waals surface area contributed by atoms with Crippen LogP contribution in [0.1, 0.15) is 0 Å². The zero-order chi connectivity index (χ0) is 10.1. The lowest BCUT2D eigenvalue weighted by Gasteiger charge is -2.33. The maximum absolute atomic E-state index is 5.29. The Morgan fingerprint density at radius 3 is 1.87 bits per heavy atom. The van der Waals surface area contributed by atoms with E-state index in [1.54, 1.807) is 0 Å². The van der Waals surface area contributed by atoms with Crippen molar-refractivity contribution >= 4 is 29.7 Å². The molecule has 15 heavy (non-hydrogen) atoms. The first-order valence-corrected chi connectivity index (χ1v) is 10.3. The molecule has 3 aliphatic heterocycles. The van der Waals surface area contributed by atoms with Gasteiger partial charge in [-0.15, -0.1) is 29.7 Å². The van der Waals surface area contributed by atoms with Gasteiger partial charge in [0.1, 0.15) is 0 Å². The highest BCUT2D eigenvalue weighted by molar-refractivity contribution is 9.25. The van der Waals surface area contributed by atoms with Crippen molar-refractivity contribution in [1.29, 1.82) is 0 Å². The smallest absolute Gasteiger partial charge is 0.0908 e. The predicted octanol–water partition coefficient (Wildman–Crippen LogP) is 2.45. The molecule has 3 rings (SSSR count). The quantitative estimate of drug-likeness (QED) is 0.418. The number of hydrogen-bond acceptors (Lipinski definition) is 4. The summed E-state index contributed by atoms with van der Waals surface area (Å²) in [5.41, 5.74) is 0. The third kappa shape index (κ3) is 3.09. The van der Waals surface area contributed by atoms with Gasteiger partial charge in [-0.2, -0.15) is 0 Å². The lowest BCUT2D eigenvalue weighted by molar-refractivity contribution is 0.426. The molecule has 0 bridgehead atoms. The molecule has 0 saturated carbocycles. The normalized spacial score (nSPS) is 37.9. The van der Waals surface area contributed by atoms with E-state index in [4.69, 9.17) is 9.47 Å². The van der Waals surface area contributed by atoms with E-state index in [2.05, 4.69) is 33.7 Å². The molecule has 0 amide bonds. The minimum atomic E-state index is -0.509. The van der Waals surface area contributed by atoms with Crippen molar-refractivity contribution in [2.45, 2.75) is 12.2 Å². The van der Waals surface area contributed by atoms with Gasteiger partial charge in [0.2, 0.25) is 0 Å². The molecule has 0 spiro atoms. The summed E-state index contributed by atoms with van der Waals surface area (Å²) >= 11 is 0. The molecule has 2 nitrogen and oxygen atoms in total. The van der Waals surface area contributed by atoms with Gasteiger partial charge in [0.15, 0.2) is 0 Å². The molecule has 86 valence electrons. The summed E-state index contributed by atoms with van der Waals surface area (Å²) in [4.78, 5) is 0. The molecular weight excluding hydrogens is 248 g/mol.